The van der Waals surface area contributed by atoms with Crippen molar-refractivity contribution in [3.63, 3.8) is 0 Å². The summed E-state index contributed by atoms with van der Waals surface area (Å²) in [4.78, 5) is 6.40. The molecule has 0 saturated carbocycles. The van der Waals surface area contributed by atoms with E-state index in [0.717, 1.165) is 29.4 Å². The molecule has 1 saturated heterocycles. The predicted octanol–water partition coefficient (Wildman–Crippen LogP) is 2.90. The molecule has 0 aromatic carbocycles. The van der Waals surface area contributed by atoms with Gasteiger partial charge in [0, 0.05) is 29.7 Å². The Morgan fingerprint density at radius 3 is 3.19 bits per heavy atom. The smallest absolute Gasteiger partial charge is 0.141 e. The van der Waals surface area contributed by atoms with E-state index in [2.05, 4.69) is 16.8 Å². The van der Waals surface area contributed by atoms with Gasteiger partial charge in [0.1, 0.15) is 11.6 Å². The van der Waals surface area contributed by atoms with E-state index in [1.165, 1.54) is 12.3 Å². The summed E-state index contributed by atoms with van der Waals surface area (Å²) in [7, 11) is 0. The Kier molecular flexibility index (Phi) is 3.92. The molecular weight excluding hydrogens is 247 g/mol. The molecule has 1 aromatic heterocycles. The number of nitrogens with zero attached hydrogens (tertiary/aromatic N) is 2. The van der Waals surface area contributed by atoms with Crippen LogP contribution in [0.3, 0.4) is 0 Å². The molecule has 2 heterocycles. The maximum absolute atomic E-state index is 13.1. The van der Waals surface area contributed by atoms with Gasteiger partial charge in [-0.1, -0.05) is 0 Å². The second kappa shape index (κ2) is 5.23. The molecule has 16 heavy (non-hydrogen) atoms. The minimum atomic E-state index is -0.321. The van der Waals surface area contributed by atoms with Crippen molar-refractivity contribution in [2.75, 3.05) is 23.0 Å². The van der Waals surface area contributed by atoms with Crippen LogP contribution >= 0.6 is 23.4 Å². The van der Waals surface area contributed by atoms with Crippen LogP contribution in [-0.2, 0) is 5.88 Å². The molecule has 0 spiro atoms. The molecule has 1 aromatic rings. The fraction of sp³-hybridized carbons (Fsp3) is 0.545. The van der Waals surface area contributed by atoms with Crippen molar-refractivity contribution in [3.8, 4) is 0 Å². The minimum absolute atomic E-state index is 0.302. The van der Waals surface area contributed by atoms with E-state index in [1.54, 1.807) is 0 Å². The topological polar surface area (TPSA) is 16.1 Å². The maximum atomic E-state index is 13.1. The zero-order valence-electron chi connectivity index (χ0n) is 9.12. The molecule has 1 aliphatic rings. The fourth-order valence-corrected chi connectivity index (χ4v) is 3.08. The van der Waals surface area contributed by atoms with Crippen molar-refractivity contribution in [1.82, 2.24) is 4.98 Å². The SMILES string of the molecule is CC1CSCCN1c1ncc(F)cc1CCl. The molecule has 0 aliphatic carbocycles. The Morgan fingerprint density at radius 1 is 1.69 bits per heavy atom. The zero-order valence-corrected chi connectivity index (χ0v) is 10.7. The van der Waals surface area contributed by atoms with E-state index < -0.39 is 0 Å². The second-order valence-electron chi connectivity index (χ2n) is 3.89. The van der Waals surface area contributed by atoms with Crippen molar-refractivity contribution in [1.29, 1.82) is 0 Å². The average molecular weight is 261 g/mol. The van der Waals surface area contributed by atoms with Gasteiger partial charge in [-0.2, -0.15) is 11.8 Å². The lowest BCUT2D eigenvalue weighted by Crippen LogP contribution is -2.41. The summed E-state index contributed by atoms with van der Waals surface area (Å²) in [5.74, 6) is 2.99. The molecule has 0 N–H and O–H groups in total. The van der Waals surface area contributed by atoms with Gasteiger partial charge in [-0.05, 0) is 13.0 Å². The maximum Gasteiger partial charge on any atom is 0.141 e. The number of hydrogen-bond donors (Lipinski definition) is 0. The highest BCUT2D eigenvalue weighted by Gasteiger charge is 2.22. The lowest BCUT2D eigenvalue weighted by Gasteiger charge is -2.35. The summed E-state index contributed by atoms with van der Waals surface area (Å²) in [6.07, 6.45) is 1.26. The van der Waals surface area contributed by atoms with Gasteiger partial charge in [-0.3, -0.25) is 0 Å². The van der Waals surface area contributed by atoms with Crippen LogP contribution in [0.25, 0.3) is 0 Å². The monoisotopic (exact) mass is 260 g/mol. The molecule has 1 fully saturated rings. The Balaban J connectivity index is 2.30. The van der Waals surface area contributed by atoms with Crippen molar-refractivity contribution < 1.29 is 4.39 Å². The summed E-state index contributed by atoms with van der Waals surface area (Å²) < 4.78 is 13.1. The first-order valence-corrected chi connectivity index (χ1v) is 6.96. The minimum Gasteiger partial charge on any atom is -0.352 e. The molecule has 2 rings (SSSR count). The fourth-order valence-electron chi connectivity index (χ4n) is 1.87. The van der Waals surface area contributed by atoms with Gasteiger partial charge < -0.3 is 4.90 Å². The summed E-state index contributed by atoms with van der Waals surface area (Å²) in [5.41, 5.74) is 0.778. The van der Waals surface area contributed by atoms with Crippen LogP contribution < -0.4 is 4.90 Å². The number of pyridine rings is 1. The van der Waals surface area contributed by atoms with Crippen LogP contribution in [0, 0.1) is 5.82 Å². The van der Waals surface area contributed by atoms with Crippen LogP contribution in [0.5, 0.6) is 0 Å². The van der Waals surface area contributed by atoms with Gasteiger partial charge >= 0.3 is 0 Å². The molecule has 1 aliphatic heterocycles. The summed E-state index contributed by atoms with van der Waals surface area (Å²) in [6, 6.07) is 1.91. The number of thioether (sulfide) groups is 1. The van der Waals surface area contributed by atoms with Crippen LogP contribution in [0.15, 0.2) is 12.3 Å². The highest BCUT2D eigenvalue weighted by Crippen LogP contribution is 2.26. The molecule has 88 valence electrons. The first kappa shape index (κ1) is 12.0. The molecular formula is C11H14ClFN2S. The Hall–Kier alpha value is -0.480. The third kappa shape index (κ3) is 2.43. The van der Waals surface area contributed by atoms with Crippen LogP contribution in [-0.4, -0.2) is 29.1 Å². The van der Waals surface area contributed by atoms with Crippen molar-refractivity contribution in [2.24, 2.45) is 0 Å². The van der Waals surface area contributed by atoms with E-state index in [9.17, 15) is 4.39 Å². The first-order valence-electron chi connectivity index (χ1n) is 5.27. The molecule has 1 unspecified atom stereocenters. The molecule has 5 heteroatoms. The van der Waals surface area contributed by atoms with Crippen molar-refractivity contribution in [3.05, 3.63) is 23.6 Å². The first-order chi connectivity index (χ1) is 7.72. The number of anilines is 1. The molecule has 2 nitrogen and oxygen atoms in total. The van der Waals surface area contributed by atoms with Gasteiger partial charge in [0.05, 0.1) is 12.1 Å². The van der Waals surface area contributed by atoms with Gasteiger partial charge in [0.25, 0.3) is 0 Å². The average Bonchev–Trinajstić information content (AvgIpc) is 2.30. The zero-order chi connectivity index (χ0) is 11.5. The molecule has 0 bridgehead atoms. The number of hydrogen-bond acceptors (Lipinski definition) is 3. The van der Waals surface area contributed by atoms with E-state index in [-0.39, 0.29) is 5.82 Å². The number of halogens is 2. The summed E-state index contributed by atoms with van der Waals surface area (Å²) in [6.45, 7) is 3.11. The Morgan fingerprint density at radius 2 is 2.50 bits per heavy atom. The van der Waals surface area contributed by atoms with Crippen LogP contribution in [0.1, 0.15) is 12.5 Å². The Bertz CT molecular complexity index is 375. The molecule has 1 atom stereocenters. The van der Waals surface area contributed by atoms with E-state index in [1.807, 2.05) is 11.8 Å². The quantitative estimate of drug-likeness (QED) is 0.761. The van der Waals surface area contributed by atoms with Gasteiger partial charge in [-0.25, -0.2) is 9.37 Å². The van der Waals surface area contributed by atoms with Crippen LogP contribution in [0.4, 0.5) is 10.2 Å². The van der Waals surface area contributed by atoms with Gasteiger partial charge in [-0.15, -0.1) is 11.6 Å². The predicted molar refractivity (Wildman–Crippen MR) is 67.9 cm³/mol. The second-order valence-corrected chi connectivity index (χ2v) is 5.30. The third-order valence-corrected chi connectivity index (χ3v) is 4.17. The van der Waals surface area contributed by atoms with Crippen LogP contribution in [0.2, 0.25) is 0 Å². The normalized spacial score (nSPS) is 21.2. The van der Waals surface area contributed by atoms with E-state index in [0.29, 0.717) is 11.9 Å². The number of rotatable bonds is 2. The van der Waals surface area contributed by atoms with Gasteiger partial charge in [0.15, 0.2) is 0 Å². The summed E-state index contributed by atoms with van der Waals surface area (Å²) in [5, 5.41) is 0. The van der Waals surface area contributed by atoms with E-state index in [4.69, 9.17) is 11.6 Å². The van der Waals surface area contributed by atoms with E-state index >= 15 is 0 Å². The number of alkyl halides is 1. The highest BCUT2D eigenvalue weighted by atomic mass is 35.5. The lowest BCUT2D eigenvalue weighted by atomic mass is 10.2. The third-order valence-electron chi connectivity index (χ3n) is 2.69. The summed E-state index contributed by atoms with van der Waals surface area (Å²) >= 11 is 7.77. The lowest BCUT2D eigenvalue weighted by molar-refractivity contribution is 0.615. The number of aromatic nitrogens is 1. The molecule has 0 radical (unpaired) electrons. The standard InChI is InChI=1S/C11H14ClFN2S/c1-8-7-16-3-2-15(8)11-9(5-12)4-10(13)6-14-11/h4,6,8H,2-3,5,7H2,1H3. The van der Waals surface area contributed by atoms with Gasteiger partial charge in [0.2, 0.25) is 0 Å². The molecule has 0 amide bonds. The Labute approximate surface area is 104 Å². The largest absolute Gasteiger partial charge is 0.352 e. The van der Waals surface area contributed by atoms with Crippen molar-refractivity contribution >= 4 is 29.2 Å². The van der Waals surface area contributed by atoms with Crippen molar-refractivity contribution in [2.45, 2.75) is 18.8 Å². The highest BCUT2D eigenvalue weighted by molar-refractivity contribution is 7.99.